The molecule has 0 fully saturated rings. The monoisotopic (exact) mass is 234 g/mol. The highest BCUT2D eigenvalue weighted by molar-refractivity contribution is 7.10. The Morgan fingerprint density at radius 3 is 2.69 bits per heavy atom. The van der Waals surface area contributed by atoms with Crippen LogP contribution in [0.25, 0.3) is 0 Å². The van der Waals surface area contributed by atoms with Gasteiger partial charge in [0.1, 0.15) is 5.75 Å². The Hall–Kier alpha value is -1.52. The molecule has 1 heterocycles. The van der Waals surface area contributed by atoms with Crippen molar-refractivity contribution in [3.8, 4) is 5.75 Å². The molecule has 2 aromatic rings. The number of benzene rings is 1. The number of hydrogen-bond acceptors (Lipinski definition) is 4. The summed E-state index contributed by atoms with van der Waals surface area (Å²) in [6.07, 6.45) is 0. The smallest absolute Gasteiger partial charge is 0.120 e. The highest BCUT2D eigenvalue weighted by Crippen LogP contribution is 2.19. The van der Waals surface area contributed by atoms with Crippen LogP contribution in [0, 0.1) is 0 Å². The number of para-hydroxylation sites is 1. The van der Waals surface area contributed by atoms with Crippen molar-refractivity contribution in [3.63, 3.8) is 0 Å². The van der Waals surface area contributed by atoms with Crippen molar-refractivity contribution < 1.29 is 5.11 Å². The van der Waals surface area contributed by atoms with E-state index in [-0.39, 0.29) is 0 Å². The summed E-state index contributed by atoms with van der Waals surface area (Å²) in [5, 5.41) is 14.8. The molecule has 1 aromatic carbocycles. The van der Waals surface area contributed by atoms with E-state index in [0.717, 1.165) is 22.7 Å². The molecule has 84 valence electrons. The number of phenols is 1. The van der Waals surface area contributed by atoms with Gasteiger partial charge in [0.15, 0.2) is 0 Å². The second kappa shape index (κ2) is 5.01. The lowest BCUT2D eigenvalue weighted by molar-refractivity contribution is 0.464. The Balaban J connectivity index is 1.89. The van der Waals surface area contributed by atoms with Gasteiger partial charge in [-0.05, 0) is 17.5 Å². The zero-order valence-corrected chi connectivity index (χ0v) is 9.63. The predicted octanol–water partition coefficient (Wildman–Crippen LogP) is 2.33. The summed E-state index contributed by atoms with van der Waals surface area (Å²) < 4.78 is 0. The number of nitrogen functional groups attached to an aromatic ring is 1. The van der Waals surface area contributed by atoms with Gasteiger partial charge >= 0.3 is 0 Å². The molecular formula is C12H14N2OS. The Labute approximate surface area is 98.5 Å². The summed E-state index contributed by atoms with van der Waals surface area (Å²) in [6.45, 7) is 1.38. The van der Waals surface area contributed by atoms with Gasteiger partial charge in [-0.3, -0.25) is 0 Å². The number of rotatable bonds is 4. The molecule has 3 nitrogen and oxygen atoms in total. The first kappa shape index (κ1) is 11.0. The first-order valence-electron chi connectivity index (χ1n) is 5.07. The standard InChI is InChI=1S/C12H14N2OS/c13-10-5-6-16-12(10)8-14-7-9-3-1-2-4-11(9)15/h1-6,14-15H,7-8,13H2. The molecule has 1 aromatic heterocycles. The predicted molar refractivity (Wildman–Crippen MR) is 67.4 cm³/mol. The summed E-state index contributed by atoms with van der Waals surface area (Å²) in [4.78, 5) is 1.13. The molecule has 0 amide bonds. The van der Waals surface area contributed by atoms with Crippen LogP contribution in [0.3, 0.4) is 0 Å². The van der Waals surface area contributed by atoms with Crippen molar-refractivity contribution in [2.75, 3.05) is 5.73 Å². The molecule has 0 aliphatic heterocycles. The molecule has 0 unspecified atom stereocenters. The van der Waals surface area contributed by atoms with E-state index in [1.165, 1.54) is 0 Å². The topological polar surface area (TPSA) is 58.3 Å². The average Bonchev–Trinajstić information content (AvgIpc) is 2.67. The van der Waals surface area contributed by atoms with E-state index in [9.17, 15) is 5.11 Å². The van der Waals surface area contributed by atoms with Crippen molar-refractivity contribution in [1.29, 1.82) is 0 Å². The fourth-order valence-electron chi connectivity index (χ4n) is 1.47. The Kier molecular flexibility index (Phi) is 3.44. The summed E-state index contributed by atoms with van der Waals surface area (Å²) in [7, 11) is 0. The lowest BCUT2D eigenvalue weighted by Gasteiger charge is -2.06. The SMILES string of the molecule is Nc1ccsc1CNCc1ccccc1O. The lowest BCUT2D eigenvalue weighted by atomic mass is 10.2. The van der Waals surface area contributed by atoms with E-state index in [2.05, 4.69) is 5.32 Å². The van der Waals surface area contributed by atoms with Crippen molar-refractivity contribution in [1.82, 2.24) is 5.32 Å². The van der Waals surface area contributed by atoms with Crippen molar-refractivity contribution in [2.24, 2.45) is 0 Å². The maximum absolute atomic E-state index is 9.56. The fourth-order valence-corrected chi connectivity index (χ4v) is 2.23. The van der Waals surface area contributed by atoms with Crippen LogP contribution in [0.4, 0.5) is 5.69 Å². The van der Waals surface area contributed by atoms with Gasteiger partial charge in [0.25, 0.3) is 0 Å². The van der Waals surface area contributed by atoms with Crippen LogP contribution in [0.15, 0.2) is 35.7 Å². The molecule has 2 rings (SSSR count). The molecule has 0 aliphatic carbocycles. The van der Waals surface area contributed by atoms with Crippen molar-refractivity contribution >= 4 is 17.0 Å². The van der Waals surface area contributed by atoms with Crippen LogP contribution in [0.1, 0.15) is 10.4 Å². The molecule has 0 aliphatic rings. The van der Waals surface area contributed by atoms with Gasteiger partial charge in [0.2, 0.25) is 0 Å². The molecule has 0 spiro atoms. The van der Waals surface area contributed by atoms with Crippen LogP contribution in [0.5, 0.6) is 5.75 Å². The highest BCUT2D eigenvalue weighted by atomic mass is 32.1. The van der Waals surface area contributed by atoms with Gasteiger partial charge in [-0.2, -0.15) is 0 Å². The lowest BCUT2D eigenvalue weighted by Crippen LogP contribution is -2.12. The van der Waals surface area contributed by atoms with Gasteiger partial charge in [0.05, 0.1) is 0 Å². The second-order valence-corrected chi connectivity index (χ2v) is 4.53. The van der Waals surface area contributed by atoms with Crippen molar-refractivity contribution in [3.05, 3.63) is 46.2 Å². The van der Waals surface area contributed by atoms with E-state index in [1.807, 2.05) is 29.6 Å². The van der Waals surface area contributed by atoms with Crippen LogP contribution < -0.4 is 11.1 Å². The van der Waals surface area contributed by atoms with Gasteiger partial charge in [0, 0.05) is 29.2 Å². The fraction of sp³-hybridized carbons (Fsp3) is 0.167. The third-order valence-electron chi connectivity index (χ3n) is 2.37. The largest absolute Gasteiger partial charge is 0.508 e. The molecular weight excluding hydrogens is 220 g/mol. The van der Waals surface area contributed by atoms with E-state index >= 15 is 0 Å². The highest BCUT2D eigenvalue weighted by Gasteiger charge is 2.01. The third-order valence-corrected chi connectivity index (χ3v) is 3.31. The number of hydrogen-bond donors (Lipinski definition) is 3. The Bertz CT molecular complexity index is 468. The molecule has 4 N–H and O–H groups in total. The maximum atomic E-state index is 9.56. The molecule has 0 saturated carbocycles. The van der Waals surface area contributed by atoms with Gasteiger partial charge in [-0.1, -0.05) is 18.2 Å². The summed E-state index contributed by atoms with van der Waals surface area (Å²) >= 11 is 1.64. The van der Waals surface area contributed by atoms with Gasteiger partial charge < -0.3 is 16.2 Å². The van der Waals surface area contributed by atoms with E-state index in [0.29, 0.717) is 12.3 Å². The van der Waals surface area contributed by atoms with Crippen LogP contribution in [-0.2, 0) is 13.1 Å². The average molecular weight is 234 g/mol. The van der Waals surface area contributed by atoms with Crippen LogP contribution in [-0.4, -0.2) is 5.11 Å². The number of anilines is 1. The number of nitrogens with two attached hydrogens (primary N) is 1. The Morgan fingerprint density at radius 2 is 2.00 bits per heavy atom. The minimum atomic E-state index is 0.328. The van der Waals surface area contributed by atoms with E-state index in [1.54, 1.807) is 17.4 Å². The van der Waals surface area contributed by atoms with Crippen LogP contribution in [0.2, 0.25) is 0 Å². The zero-order valence-electron chi connectivity index (χ0n) is 8.81. The normalized spacial score (nSPS) is 10.5. The molecule has 0 atom stereocenters. The van der Waals surface area contributed by atoms with E-state index < -0.39 is 0 Å². The van der Waals surface area contributed by atoms with E-state index in [4.69, 9.17) is 5.73 Å². The maximum Gasteiger partial charge on any atom is 0.120 e. The summed E-state index contributed by atoms with van der Waals surface area (Å²) in [5.74, 6) is 0.328. The summed E-state index contributed by atoms with van der Waals surface area (Å²) in [6, 6.07) is 9.23. The summed E-state index contributed by atoms with van der Waals surface area (Å²) in [5.41, 5.74) is 7.50. The minimum absolute atomic E-state index is 0.328. The number of nitrogens with one attached hydrogen (secondary N) is 1. The first-order chi connectivity index (χ1) is 7.77. The number of thiophene rings is 1. The van der Waals surface area contributed by atoms with Crippen LogP contribution >= 0.6 is 11.3 Å². The molecule has 16 heavy (non-hydrogen) atoms. The first-order valence-corrected chi connectivity index (χ1v) is 5.95. The van der Waals surface area contributed by atoms with Gasteiger partial charge in [-0.15, -0.1) is 11.3 Å². The van der Waals surface area contributed by atoms with Gasteiger partial charge in [-0.25, -0.2) is 0 Å². The molecule has 0 bridgehead atoms. The third kappa shape index (κ3) is 2.53. The second-order valence-electron chi connectivity index (χ2n) is 3.53. The Morgan fingerprint density at radius 1 is 1.19 bits per heavy atom. The molecule has 0 radical (unpaired) electrons. The quantitative estimate of drug-likeness (QED) is 0.761. The zero-order chi connectivity index (χ0) is 11.4. The molecule has 0 saturated heterocycles. The minimum Gasteiger partial charge on any atom is -0.508 e. The number of aromatic hydroxyl groups is 1. The number of phenolic OH excluding ortho intramolecular Hbond substituents is 1. The molecule has 4 heteroatoms. The van der Waals surface area contributed by atoms with Crippen molar-refractivity contribution in [2.45, 2.75) is 13.1 Å².